The number of carbonyl (C=O) groups is 1. The molecule has 4 rings (SSSR count). The highest BCUT2D eigenvalue weighted by atomic mass is 35.5. The number of nitrogens with one attached hydrogen (secondary N) is 1. The lowest BCUT2D eigenvalue weighted by molar-refractivity contribution is -0.116. The fraction of sp³-hybridized carbons (Fsp3) is 0.190. The number of para-hydroxylation sites is 2. The van der Waals surface area contributed by atoms with Gasteiger partial charge in [0.2, 0.25) is 5.91 Å². The summed E-state index contributed by atoms with van der Waals surface area (Å²) in [5.41, 5.74) is 2.83. The van der Waals surface area contributed by atoms with Crippen molar-refractivity contribution in [2.45, 2.75) is 19.4 Å². The number of carbonyl (C=O) groups excluding carboxylic acids is 1. The topological polar surface area (TPSA) is 86.4 Å². The first-order chi connectivity index (χ1) is 14.5. The number of aromatic nitrogens is 2. The molecular weight excluding hydrogens is 426 g/mol. The molecule has 0 spiro atoms. The van der Waals surface area contributed by atoms with Gasteiger partial charge < -0.3 is 14.5 Å². The number of anilines is 1. The number of ether oxygens (including phenoxy) is 1. The molecule has 0 fully saturated rings. The lowest BCUT2D eigenvalue weighted by atomic mass is 10.2. The number of halogens is 1. The summed E-state index contributed by atoms with van der Waals surface area (Å²) in [6, 6.07) is 12.6. The number of rotatable bonds is 7. The van der Waals surface area contributed by atoms with E-state index in [1.54, 1.807) is 25.3 Å². The lowest BCUT2D eigenvalue weighted by Gasteiger charge is -2.04. The van der Waals surface area contributed by atoms with E-state index in [9.17, 15) is 9.59 Å². The molecule has 0 unspecified atom stereocenters. The monoisotopic (exact) mass is 443 g/mol. The highest BCUT2D eigenvalue weighted by Crippen LogP contribution is 2.31. The predicted molar refractivity (Wildman–Crippen MR) is 117 cm³/mol. The SMILES string of the molecule is COc1ccc(-c2csc(NC(=O)CCCn3c(=O)oc4ccccc43)n2)cc1Cl. The van der Waals surface area contributed by atoms with Crippen LogP contribution in [0.4, 0.5) is 5.13 Å². The summed E-state index contributed by atoms with van der Waals surface area (Å²) in [7, 11) is 1.56. The first kappa shape index (κ1) is 20.2. The molecule has 0 saturated carbocycles. The van der Waals surface area contributed by atoms with Crippen LogP contribution < -0.4 is 15.8 Å². The molecule has 0 bridgehead atoms. The maximum absolute atomic E-state index is 12.3. The van der Waals surface area contributed by atoms with Crippen molar-refractivity contribution in [1.82, 2.24) is 9.55 Å². The van der Waals surface area contributed by atoms with Crippen molar-refractivity contribution in [3.05, 3.63) is 63.4 Å². The van der Waals surface area contributed by atoms with Gasteiger partial charge >= 0.3 is 5.76 Å². The number of fused-ring (bicyclic) bond motifs is 1. The third kappa shape index (κ3) is 4.24. The first-order valence-corrected chi connectivity index (χ1v) is 10.5. The minimum absolute atomic E-state index is 0.162. The maximum Gasteiger partial charge on any atom is 0.419 e. The third-order valence-corrected chi connectivity index (χ3v) is 5.61. The zero-order chi connectivity index (χ0) is 21.1. The summed E-state index contributed by atoms with van der Waals surface area (Å²) in [5.74, 6) is 0.0116. The van der Waals surface area contributed by atoms with E-state index in [2.05, 4.69) is 10.3 Å². The minimum atomic E-state index is -0.417. The quantitative estimate of drug-likeness (QED) is 0.443. The Balaban J connectivity index is 1.35. The fourth-order valence-electron chi connectivity index (χ4n) is 3.09. The molecule has 1 N–H and O–H groups in total. The summed E-state index contributed by atoms with van der Waals surface area (Å²) in [6.45, 7) is 0.400. The molecule has 0 aliphatic rings. The number of thiazole rings is 1. The summed E-state index contributed by atoms with van der Waals surface area (Å²) in [5, 5.41) is 5.66. The molecule has 0 radical (unpaired) electrons. The van der Waals surface area contributed by atoms with Gasteiger partial charge in [-0.15, -0.1) is 11.3 Å². The van der Waals surface area contributed by atoms with Gasteiger partial charge in [-0.05, 0) is 36.8 Å². The van der Waals surface area contributed by atoms with Crippen LogP contribution in [-0.4, -0.2) is 22.6 Å². The van der Waals surface area contributed by atoms with Crippen LogP contribution >= 0.6 is 22.9 Å². The number of hydrogen-bond acceptors (Lipinski definition) is 6. The molecular formula is C21H18ClN3O4S. The standard InChI is InChI=1S/C21H18ClN3O4S/c1-28-17-9-8-13(11-14(17)22)15-12-30-20(23-15)24-19(26)7-4-10-25-16-5-2-3-6-18(16)29-21(25)27/h2-3,5-6,8-9,11-12H,4,7,10H2,1H3,(H,23,24,26). The molecule has 0 aliphatic carbocycles. The molecule has 2 aromatic carbocycles. The number of nitrogens with zero attached hydrogens (tertiary/aromatic N) is 2. The van der Waals surface area contributed by atoms with Gasteiger partial charge in [-0.2, -0.15) is 0 Å². The summed E-state index contributed by atoms with van der Waals surface area (Å²) in [6.07, 6.45) is 0.761. The minimum Gasteiger partial charge on any atom is -0.495 e. The Morgan fingerprint density at radius 3 is 2.93 bits per heavy atom. The Hall–Kier alpha value is -3.10. The highest BCUT2D eigenvalue weighted by molar-refractivity contribution is 7.14. The first-order valence-electron chi connectivity index (χ1n) is 9.23. The van der Waals surface area contributed by atoms with Gasteiger partial charge in [0.1, 0.15) is 5.75 Å². The summed E-state index contributed by atoms with van der Waals surface area (Å²) in [4.78, 5) is 28.7. The van der Waals surface area contributed by atoms with E-state index >= 15 is 0 Å². The van der Waals surface area contributed by atoms with E-state index in [1.807, 2.05) is 29.6 Å². The van der Waals surface area contributed by atoms with E-state index in [0.717, 1.165) is 16.8 Å². The Bertz CT molecular complexity index is 1260. The second kappa shape index (κ2) is 8.73. The van der Waals surface area contributed by atoms with Crippen molar-refractivity contribution in [1.29, 1.82) is 0 Å². The van der Waals surface area contributed by atoms with Crippen LogP contribution in [0.15, 0.2) is 57.1 Å². The lowest BCUT2D eigenvalue weighted by Crippen LogP contribution is -2.17. The number of benzene rings is 2. The van der Waals surface area contributed by atoms with Gasteiger partial charge in [0, 0.05) is 23.9 Å². The number of amides is 1. The van der Waals surface area contributed by atoms with Gasteiger partial charge in [-0.3, -0.25) is 9.36 Å². The third-order valence-electron chi connectivity index (χ3n) is 4.56. The highest BCUT2D eigenvalue weighted by Gasteiger charge is 2.12. The van der Waals surface area contributed by atoms with Crippen molar-refractivity contribution in [2.24, 2.45) is 0 Å². The molecule has 2 heterocycles. The van der Waals surface area contributed by atoms with E-state index in [1.165, 1.54) is 15.9 Å². The Morgan fingerprint density at radius 1 is 1.30 bits per heavy atom. The Labute approximate surface area is 180 Å². The zero-order valence-electron chi connectivity index (χ0n) is 16.1. The smallest absolute Gasteiger partial charge is 0.419 e. The van der Waals surface area contributed by atoms with Crippen LogP contribution in [0.25, 0.3) is 22.4 Å². The molecule has 30 heavy (non-hydrogen) atoms. The Kier molecular flexibility index (Phi) is 5.87. The van der Waals surface area contributed by atoms with Crippen molar-refractivity contribution >= 4 is 45.1 Å². The zero-order valence-corrected chi connectivity index (χ0v) is 17.6. The van der Waals surface area contributed by atoms with Gasteiger partial charge in [-0.1, -0.05) is 23.7 Å². The maximum atomic E-state index is 12.3. The van der Waals surface area contributed by atoms with Crippen LogP contribution in [0.5, 0.6) is 5.75 Å². The molecule has 1 amide bonds. The molecule has 9 heteroatoms. The van der Waals surface area contributed by atoms with Crippen LogP contribution in [0.1, 0.15) is 12.8 Å². The van der Waals surface area contributed by atoms with Gasteiger partial charge in [0.25, 0.3) is 0 Å². The second-order valence-electron chi connectivity index (χ2n) is 6.53. The van der Waals surface area contributed by atoms with Crippen molar-refractivity contribution in [3.63, 3.8) is 0 Å². The molecule has 0 aliphatic heterocycles. The van der Waals surface area contributed by atoms with Gasteiger partial charge in [0.05, 0.1) is 23.3 Å². The van der Waals surface area contributed by atoms with Crippen molar-refractivity contribution < 1.29 is 13.9 Å². The Morgan fingerprint density at radius 2 is 2.13 bits per heavy atom. The molecule has 154 valence electrons. The summed E-state index contributed by atoms with van der Waals surface area (Å²) >= 11 is 7.50. The number of methoxy groups -OCH3 is 1. The van der Waals surface area contributed by atoms with Gasteiger partial charge in [-0.25, -0.2) is 9.78 Å². The van der Waals surface area contributed by atoms with Crippen LogP contribution in [0, 0.1) is 0 Å². The predicted octanol–water partition coefficient (Wildman–Crippen LogP) is 4.80. The molecule has 7 nitrogen and oxygen atoms in total. The number of oxazole rings is 1. The fourth-order valence-corrected chi connectivity index (χ4v) is 4.09. The van der Waals surface area contributed by atoms with Crippen molar-refractivity contribution in [3.8, 4) is 17.0 Å². The summed E-state index contributed by atoms with van der Waals surface area (Å²) < 4.78 is 11.9. The number of aryl methyl sites for hydroxylation is 1. The average molecular weight is 444 g/mol. The van der Waals surface area contributed by atoms with Gasteiger partial charge in [0.15, 0.2) is 10.7 Å². The second-order valence-corrected chi connectivity index (χ2v) is 7.79. The van der Waals surface area contributed by atoms with Crippen molar-refractivity contribution in [2.75, 3.05) is 12.4 Å². The molecule has 4 aromatic rings. The number of hydrogen-bond donors (Lipinski definition) is 1. The van der Waals surface area contributed by atoms with Crippen LogP contribution in [0.3, 0.4) is 0 Å². The van der Waals surface area contributed by atoms with E-state index in [0.29, 0.717) is 34.5 Å². The molecule has 0 atom stereocenters. The molecule has 2 aromatic heterocycles. The normalized spacial score (nSPS) is 11.0. The van der Waals surface area contributed by atoms with E-state index in [4.69, 9.17) is 20.8 Å². The van der Waals surface area contributed by atoms with Crippen LogP contribution in [-0.2, 0) is 11.3 Å². The average Bonchev–Trinajstić information content (AvgIpc) is 3.32. The van der Waals surface area contributed by atoms with Crippen LogP contribution in [0.2, 0.25) is 5.02 Å². The largest absolute Gasteiger partial charge is 0.495 e. The molecule has 0 saturated heterocycles. The van der Waals surface area contributed by atoms with E-state index in [-0.39, 0.29) is 12.3 Å². The van der Waals surface area contributed by atoms with E-state index < -0.39 is 5.76 Å².